The summed E-state index contributed by atoms with van der Waals surface area (Å²) < 4.78 is 6.72. The highest BCUT2D eigenvalue weighted by Crippen LogP contribution is 2.36. The van der Waals surface area contributed by atoms with E-state index in [1.807, 2.05) is 37.3 Å². The summed E-state index contributed by atoms with van der Waals surface area (Å²) in [6.45, 7) is 5.04. The number of nitrogens with zero attached hydrogens (tertiary/aromatic N) is 1. The highest BCUT2D eigenvalue weighted by molar-refractivity contribution is 9.10. The molecule has 1 heterocycles. The number of Topliss-reactive ketones (excluding diaryl/α,β-unsaturated/α-hetero) is 1. The molecule has 0 aliphatic carbocycles. The van der Waals surface area contributed by atoms with Gasteiger partial charge in [-0.1, -0.05) is 53.9 Å². The maximum atomic E-state index is 12.6. The lowest BCUT2D eigenvalue weighted by atomic mass is 10.1. The van der Waals surface area contributed by atoms with E-state index in [9.17, 15) is 9.59 Å². The molecule has 0 N–H and O–H groups in total. The molecule has 0 bridgehead atoms. The number of carbonyl (C=O) groups is 2. The van der Waals surface area contributed by atoms with Crippen LogP contribution in [0.2, 0.25) is 0 Å². The molecule has 26 heavy (non-hydrogen) atoms. The maximum absolute atomic E-state index is 12.6. The van der Waals surface area contributed by atoms with Crippen molar-refractivity contribution in [2.45, 2.75) is 39.7 Å². The molecule has 0 spiro atoms. The van der Waals surface area contributed by atoms with Crippen LogP contribution in [0, 0.1) is 6.92 Å². The quantitative estimate of drug-likeness (QED) is 0.469. The Hall–Kier alpha value is -2.14. The van der Waals surface area contributed by atoms with Crippen molar-refractivity contribution in [2.24, 2.45) is 0 Å². The molecular formula is C21H22BrNO3. The Morgan fingerprint density at radius 1 is 1.12 bits per heavy atom. The lowest BCUT2D eigenvalue weighted by molar-refractivity contribution is -0.114. The maximum Gasteiger partial charge on any atom is 0.299 e. The second kappa shape index (κ2) is 8.04. The van der Waals surface area contributed by atoms with Gasteiger partial charge in [0, 0.05) is 10.0 Å². The zero-order chi connectivity index (χ0) is 18.7. The van der Waals surface area contributed by atoms with Gasteiger partial charge in [0.05, 0.1) is 24.4 Å². The molecule has 1 amide bonds. The lowest BCUT2D eigenvalue weighted by Crippen LogP contribution is -2.29. The first-order valence-corrected chi connectivity index (χ1v) is 9.69. The average Bonchev–Trinajstić information content (AvgIpc) is 2.85. The summed E-state index contributed by atoms with van der Waals surface area (Å²) in [5, 5.41) is 0. The molecule has 0 atom stereocenters. The molecule has 0 unspecified atom stereocenters. The van der Waals surface area contributed by atoms with E-state index in [1.54, 1.807) is 11.0 Å². The summed E-state index contributed by atoms with van der Waals surface area (Å²) in [4.78, 5) is 26.5. The van der Waals surface area contributed by atoms with Crippen LogP contribution >= 0.6 is 15.9 Å². The monoisotopic (exact) mass is 415 g/mol. The van der Waals surface area contributed by atoms with Crippen molar-refractivity contribution < 1.29 is 14.3 Å². The highest BCUT2D eigenvalue weighted by Gasteiger charge is 2.37. The number of fused-ring (bicyclic) bond motifs is 1. The molecule has 5 heteroatoms. The minimum Gasteiger partial charge on any atom is -0.493 e. The largest absolute Gasteiger partial charge is 0.493 e. The Morgan fingerprint density at radius 2 is 1.88 bits per heavy atom. The number of hydrogen-bond acceptors (Lipinski definition) is 3. The Balaban J connectivity index is 1.87. The highest BCUT2D eigenvalue weighted by atomic mass is 79.9. The molecule has 2 aromatic rings. The lowest BCUT2D eigenvalue weighted by Gasteiger charge is -2.20. The zero-order valence-electron chi connectivity index (χ0n) is 15.0. The van der Waals surface area contributed by atoms with Gasteiger partial charge in [0.1, 0.15) is 5.75 Å². The van der Waals surface area contributed by atoms with Crippen LogP contribution in [0.1, 0.15) is 47.7 Å². The number of rotatable bonds is 7. The van der Waals surface area contributed by atoms with E-state index in [4.69, 9.17) is 4.74 Å². The van der Waals surface area contributed by atoms with Gasteiger partial charge >= 0.3 is 0 Å². The molecular weight excluding hydrogens is 394 g/mol. The Bertz CT molecular complexity index is 847. The number of halogens is 1. The Labute approximate surface area is 162 Å². The van der Waals surface area contributed by atoms with Crippen LogP contribution in [0.4, 0.5) is 5.69 Å². The van der Waals surface area contributed by atoms with Crippen LogP contribution < -0.4 is 9.64 Å². The second-order valence-electron chi connectivity index (χ2n) is 6.50. The number of anilines is 1. The number of ketones is 1. The van der Waals surface area contributed by atoms with Gasteiger partial charge < -0.3 is 4.74 Å². The molecule has 136 valence electrons. The van der Waals surface area contributed by atoms with Gasteiger partial charge in [0.2, 0.25) is 0 Å². The van der Waals surface area contributed by atoms with Gasteiger partial charge in [-0.3, -0.25) is 14.5 Å². The number of ether oxygens (including phenoxy) is 1. The van der Waals surface area contributed by atoms with Crippen LogP contribution in [-0.2, 0) is 11.3 Å². The van der Waals surface area contributed by atoms with E-state index in [2.05, 4.69) is 22.9 Å². The fourth-order valence-electron chi connectivity index (χ4n) is 3.24. The smallest absolute Gasteiger partial charge is 0.299 e. The minimum absolute atomic E-state index is 0.323. The minimum atomic E-state index is -0.484. The van der Waals surface area contributed by atoms with E-state index in [0.29, 0.717) is 24.4 Å². The average molecular weight is 416 g/mol. The third-order valence-electron chi connectivity index (χ3n) is 4.53. The van der Waals surface area contributed by atoms with Gasteiger partial charge in [0.25, 0.3) is 11.7 Å². The van der Waals surface area contributed by atoms with Gasteiger partial charge in [-0.25, -0.2) is 0 Å². The number of hydrogen-bond donors (Lipinski definition) is 0. The first-order valence-electron chi connectivity index (χ1n) is 8.90. The van der Waals surface area contributed by atoms with E-state index >= 15 is 0 Å². The van der Waals surface area contributed by atoms with Gasteiger partial charge in [-0.15, -0.1) is 0 Å². The molecule has 0 saturated heterocycles. The molecule has 0 aromatic heterocycles. The standard InChI is InChI=1S/C21H22BrNO3/c1-3-4-7-10-26-18-9-6-5-8-15(18)13-23-19-14(2)11-16(22)12-17(19)20(24)21(23)25/h5-6,8-9,11-12H,3-4,7,10,13H2,1-2H3. The summed E-state index contributed by atoms with van der Waals surface area (Å²) in [5.74, 6) is -0.167. The number of benzene rings is 2. The fourth-order valence-corrected chi connectivity index (χ4v) is 3.81. The third kappa shape index (κ3) is 3.68. The summed E-state index contributed by atoms with van der Waals surface area (Å²) >= 11 is 3.40. The van der Waals surface area contributed by atoms with Crippen molar-refractivity contribution in [1.29, 1.82) is 0 Å². The molecule has 3 rings (SSSR count). The van der Waals surface area contributed by atoms with Crippen molar-refractivity contribution >= 4 is 33.3 Å². The Morgan fingerprint density at radius 3 is 2.65 bits per heavy atom. The Kier molecular flexibility index (Phi) is 5.77. The molecule has 4 nitrogen and oxygen atoms in total. The normalized spacial score (nSPS) is 13.3. The summed E-state index contributed by atoms with van der Waals surface area (Å²) in [5.41, 5.74) is 2.96. The van der Waals surface area contributed by atoms with Crippen LogP contribution in [0.5, 0.6) is 5.75 Å². The summed E-state index contributed by atoms with van der Waals surface area (Å²) in [7, 11) is 0. The van der Waals surface area contributed by atoms with Crippen LogP contribution in [-0.4, -0.2) is 18.3 Å². The molecule has 0 radical (unpaired) electrons. The van der Waals surface area contributed by atoms with Crippen LogP contribution in [0.3, 0.4) is 0 Å². The van der Waals surface area contributed by atoms with Crippen molar-refractivity contribution in [3.63, 3.8) is 0 Å². The fraction of sp³-hybridized carbons (Fsp3) is 0.333. The van der Waals surface area contributed by atoms with E-state index in [1.165, 1.54) is 0 Å². The molecule has 2 aromatic carbocycles. The number of aryl methyl sites for hydroxylation is 1. The molecule has 1 aliphatic rings. The SMILES string of the molecule is CCCCCOc1ccccc1CN1C(=O)C(=O)c2cc(Br)cc(C)c21. The van der Waals surface area contributed by atoms with Crippen LogP contribution in [0.15, 0.2) is 40.9 Å². The van der Waals surface area contributed by atoms with Gasteiger partial charge in [0.15, 0.2) is 0 Å². The third-order valence-corrected chi connectivity index (χ3v) is 4.98. The van der Waals surface area contributed by atoms with Crippen molar-refractivity contribution in [2.75, 3.05) is 11.5 Å². The van der Waals surface area contributed by atoms with E-state index in [0.717, 1.165) is 40.6 Å². The van der Waals surface area contributed by atoms with Gasteiger partial charge in [-0.05, 0) is 37.1 Å². The predicted octanol–water partition coefficient (Wildman–Crippen LogP) is 5.06. The summed E-state index contributed by atoms with van der Waals surface area (Å²) in [6.07, 6.45) is 3.27. The van der Waals surface area contributed by atoms with Crippen molar-refractivity contribution in [1.82, 2.24) is 0 Å². The number of unbranched alkanes of at least 4 members (excludes halogenated alkanes) is 2. The zero-order valence-corrected chi connectivity index (χ0v) is 16.6. The molecule has 1 aliphatic heterocycles. The van der Waals surface area contributed by atoms with Gasteiger partial charge in [-0.2, -0.15) is 0 Å². The second-order valence-corrected chi connectivity index (χ2v) is 7.42. The summed E-state index contributed by atoms with van der Waals surface area (Å²) in [6, 6.07) is 11.3. The topological polar surface area (TPSA) is 46.6 Å². The number of amides is 1. The van der Waals surface area contributed by atoms with E-state index in [-0.39, 0.29) is 0 Å². The predicted molar refractivity (Wildman–Crippen MR) is 106 cm³/mol. The molecule has 0 fully saturated rings. The number of para-hydroxylation sites is 1. The van der Waals surface area contributed by atoms with E-state index < -0.39 is 11.7 Å². The number of carbonyl (C=O) groups excluding carboxylic acids is 2. The van der Waals surface area contributed by atoms with Crippen molar-refractivity contribution in [3.05, 3.63) is 57.6 Å². The van der Waals surface area contributed by atoms with Crippen molar-refractivity contribution in [3.8, 4) is 5.75 Å². The first kappa shape index (κ1) is 18.6. The van der Waals surface area contributed by atoms with Crippen LogP contribution in [0.25, 0.3) is 0 Å². The first-order chi connectivity index (χ1) is 12.5. The molecule has 0 saturated carbocycles.